The summed E-state index contributed by atoms with van der Waals surface area (Å²) in [5.74, 6) is 0.725. The fourth-order valence-electron chi connectivity index (χ4n) is 8.44. The van der Waals surface area contributed by atoms with Crippen LogP contribution in [0.2, 0.25) is 0 Å². The fraction of sp³-hybridized carbons (Fsp3) is 0. The van der Waals surface area contributed by atoms with Crippen LogP contribution in [0, 0.1) is 0 Å². The van der Waals surface area contributed by atoms with Crippen molar-refractivity contribution in [3.8, 4) is 50.6 Å². The molecule has 0 aliphatic rings. The van der Waals surface area contributed by atoms with Gasteiger partial charge in [0.25, 0.3) is 0 Å². The molecule has 0 saturated heterocycles. The van der Waals surface area contributed by atoms with Gasteiger partial charge in [-0.1, -0.05) is 164 Å². The fourth-order valence-corrected chi connectivity index (χ4v) is 8.44. The lowest BCUT2D eigenvalue weighted by Crippen LogP contribution is -1.96. The van der Waals surface area contributed by atoms with Gasteiger partial charge in [0.2, 0.25) is 0 Å². The molecule has 11 aromatic rings. The number of hydrogen-bond acceptors (Lipinski definition) is 2. The van der Waals surface area contributed by atoms with E-state index in [0.29, 0.717) is 0 Å². The molecule has 0 aliphatic carbocycles. The smallest absolute Gasteiger partial charge is 0.160 e. The van der Waals surface area contributed by atoms with E-state index in [1.165, 1.54) is 54.5 Å². The Labute approximate surface area is 318 Å². The Balaban J connectivity index is 1.16. The van der Waals surface area contributed by atoms with Crippen molar-refractivity contribution in [1.82, 2.24) is 14.5 Å². The summed E-state index contributed by atoms with van der Waals surface area (Å²) in [6, 6.07) is 71.6. The van der Waals surface area contributed by atoms with Crippen LogP contribution in [0.4, 0.5) is 0 Å². The normalized spacial score (nSPS) is 11.6. The number of nitrogens with zero attached hydrogens (tertiary/aromatic N) is 3. The van der Waals surface area contributed by atoms with Crippen LogP contribution in [-0.2, 0) is 0 Å². The highest BCUT2D eigenvalue weighted by atomic mass is 15.0. The highest BCUT2D eigenvalue weighted by Crippen LogP contribution is 2.44. The van der Waals surface area contributed by atoms with Gasteiger partial charge < -0.3 is 4.57 Å². The van der Waals surface area contributed by atoms with Crippen molar-refractivity contribution < 1.29 is 0 Å². The minimum atomic E-state index is 0.725. The minimum absolute atomic E-state index is 0.725. The molecule has 55 heavy (non-hydrogen) atoms. The summed E-state index contributed by atoms with van der Waals surface area (Å²) in [5, 5.41) is 8.59. The average Bonchev–Trinajstić information content (AvgIpc) is 3.61. The predicted molar refractivity (Wildman–Crippen MR) is 231 cm³/mol. The lowest BCUT2D eigenvalue weighted by Gasteiger charge is -2.14. The monoisotopic (exact) mass is 699 g/mol. The van der Waals surface area contributed by atoms with Crippen molar-refractivity contribution in [2.45, 2.75) is 0 Å². The number of aromatic nitrogens is 3. The van der Waals surface area contributed by atoms with E-state index in [1.807, 2.05) is 24.3 Å². The molecular formula is C52H33N3. The highest BCUT2D eigenvalue weighted by Gasteiger charge is 2.20. The van der Waals surface area contributed by atoms with Crippen LogP contribution < -0.4 is 0 Å². The summed E-state index contributed by atoms with van der Waals surface area (Å²) in [6.07, 6.45) is 0. The predicted octanol–water partition coefficient (Wildman–Crippen LogP) is 13.7. The molecule has 0 amide bonds. The van der Waals surface area contributed by atoms with Gasteiger partial charge in [-0.25, -0.2) is 9.97 Å². The molecule has 0 spiro atoms. The van der Waals surface area contributed by atoms with Crippen molar-refractivity contribution in [2.75, 3.05) is 0 Å². The zero-order valence-corrected chi connectivity index (χ0v) is 29.9. The van der Waals surface area contributed by atoms with Crippen LogP contribution in [0.15, 0.2) is 200 Å². The Morgan fingerprint density at radius 2 is 0.964 bits per heavy atom. The van der Waals surface area contributed by atoms with Gasteiger partial charge in [-0.3, -0.25) is 0 Å². The van der Waals surface area contributed by atoms with Crippen molar-refractivity contribution in [2.24, 2.45) is 0 Å². The number of fused-ring (bicyclic) bond motifs is 8. The molecule has 256 valence electrons. The van der Waals surface area contributed by atoms with E-state index in [2.05, 4.69) is 180 Å². The van der Waals surface area contributed by atoms with Crippen LogP contribution in [0.1, 0.15) is 0 Å². The average molecular weight is 700 g/mol. The standard InChI is InChI=1S/C52H33N3/c1-4-15-34(16-5-1)44-33-48-50(43-26-13-12-25-42(43)44)49-41-24-11-10-17-35(41)28-30-47(49)55(48)40-23-14-22-38(31-40)39-27-29-46-45(32-39)51(36-18-6-2-7-19-36)54-52(53-46)37-20-8-3-9-21-37/h1-33H. The lowest BCUT2D eigenvalue weighted by molar-refractivity contribution is 1.18. The maximum atomic E-state index is 5.17. The number of hydrogen-bond donors (Lipinski definition) is 0. The van der Waals surface area contributed by atoms with Gasteiger partial charge in [-0.05, 0) is 80.2 Å². The third-order valence-electron chi connectivity index (χ3n) is 11.0. The Morgan fingerprint density at radius 3 is 1.75 bits per heavy atom. The molecule has 0 aliphatic heterocycles. The zero-order valence-electron chi connectivity index (χ0n) is 29.9. The van der Waals surface area contributed by atoms with Gasteiger partial charge in [0.15, 0.2) is 5.82 Å². The Kier molecular flexibility index (Phi) is 7.17. The topological polar surface area (TPSA) is 30.7 Å². The highest BCUT2D eigenvalue weighted by molar-refractivity contribution is 6.30. The van der Waals surface area contributed by atoms with E-state index >= 15 is 0 Å². The molecule has 0 bridgehead atoms. The zero-order chi connectivity index (χ0) is 36.3. The molecule has 3 heteroatoms. The quantitative estimate of drug-likeness (QED) is 0.179. The number of rotatable bonds is 5. The molecule has 0 N–H and O–H groups in total. The second kappa shape index (κ2) is 12.6. The first kappa shape index (κ1) is 31.2. The van der Waals surface area contributed by atoms with E-state index in [0.717, 1.165) is 50.4 Å². The van der Waals surface area contributed by atoms with Gasteiger partial charge >= 0.3 is 0 Å². The van der Waals surface area contributed by atoms with Crippen molar-refractivity contribution in [1.29, 1.82) is 0 Å². The third-order valence-corrected chi connectivity index (χ3v) is 11.0. The number of benzene rings is 9. The third kappa shape index (κ3) is 5.13. The van der Waals surface area contributed by atoms with Crippen molar-refractivity contribution >= 4 is 54.3 Å². The van der Waals surface area contributed by atoms with Gasteiger partial charge in [0.05, 0.1) is 22.2 Å². The van der Waals surface area contributed by atoms with E-state index in [4.69, 9.17) is 9.97 Å². The van der Waals surface area contributed by atoms with Gasteiger partial charge in [-0.15, -0.1) is 0 Å². The van der Waals surface area contributed by atoms with E-state index in [-0.39, 0.29) is 0 Å². The molecule has 0 radical (unpaired) electrons. The van der Waals surface area contributed by atoms with Crippen LogP contribution in [-0.4, -0.2) is 14.5 Å². The molecule has 2 heterocycles. The largest absolute Gasteiger partial charge is 0.309 e. The molecule has 9 aromatic carbocycles. The van der Waals surface area contributed by atoms with E-state index < -0.39 is 0 Å². The van der Waals surface area contributed by atoms with Crippen molar-refractivity contribution in [3.05, 3.63) is 200 Å². The van der Waals surface area contributed by atoms with Crippen LogP contribution in [0.25, 0.3) is 105 Å². The second-order valence-corrected chi connectivity index (χ2v) is 14.2. The van der Waals surface area contributed by atoms with Crippen LogP contribution >= 0.6 is 0 Å². The second-order valence-electron chi connectivity index (χ2n) is 14.2. The summed E-state index contributed by atoms with van der Waals surface area (Å²) in [6.45, 7) is 0. The SMILES string of the molecule is c1ccc(-c2nc(-c3ccccc3)c3cc(-c4cccc(-n5c6ccc7ccccc7c6c6c7ccccc7c(-c7ccccc7)cc65)c4)ccc3n2)cc1. The Bertz CT molecular complexity index is 3240. The molecular weight excluding hydrogens is 667 g/mol. The van der Waals surface area contributed by atoms with E-state index in [9.17, 15) is 0 Å². The molecule has 0 unspecified atom stereocenters. The minimum Gasteiger partial charge on any atom is -0.309 e. The maximum Gasteiger partial charge on any atom is 0.160 e. The molecule has 0 fully saturated rings. The first-order valence-electron chi connectivity index (χ1n) is 18.7. The van der Waals surface area contributed by atoms with Crippen molar-refractivity contribution in [3.63, 3.8) is 0 Å². The van der Waals surface area contributed by atoms with Gasteiger partial charge in [-0.2, -0.15) is 0 Å². The summed E-state index contributed by atoms with van der Waals surface area (Å²) in [5.41, 5.74) is 12.1. The van der Waals surface area contributed by atoms with Gasteiger partial charge in [0, 0.05) is 33.0 Å². The van der Waals surface area contributed by atoms with Crippen LogP contribution in [0.5, 0.6) is 0 Å². The molecule has 0 atom stereocenters. The Morgan fingerprint density at radius 1 is 0.345 bits per heavy atom. The first-order valence-corrected chi connectivity index (χ1v) is 18.7. The van der Waals surface area contributed by atoms with Gasteiger partial charge in [0.1, 0.15) is 0 Å². The van der Waals surface area contributed by atoms with E-state index in [1.54, 1.807) is 0 Å². The summed E-state index contributed by atoms with van der Waals surface area (Å²) in [7, 11) is 0. The molecule has 0 saturated carbocycles. The lowest BCUT2D eigenvalue weighted by atomic mass is 9.94. The first-order chi connectivity index (χ1) is 27.3. The molecule has 2 aromatic heterocycles. The van der Waals surface area contributed by atoms with Crippen LogP contribution in [0.3, 0.4) is 0 Å². The summed E-state index contributed by atoms with van der Waals surface area (Å²) in [4.78, 5) is 10.2. The maximum absolute atomic E-state index is 5.17. The summed E-state index contributed by atoms with van der Waals surface area (Å²) < 4.78 is 2.46. The Hall–Kier alpha value is -7.36. The molecule has 3 nitrogen and oxygen atoms in total. The molecule has 11 rings (SSSR count). The summed E-state index contributed by atoms with van der Waals surface area (Å²) >= 11 is 0.